The largest absolute Gasteiger partial charge is 0.573 e. The molecule has 0 amide bonds. The summed E-state index contributed by atoms with van der Waals surface area (Å²) in [7, 11) is 0. The van der Waals surface area contributed by atoms with Gasteiger partial charge in [0.2, 0.25) is 0 Å². The van der Waals surface area contributed by atoms with Crippen LogP contribution in [0.2, 0.25) is 0 Å². The van der Waals surface area contributed by atoms with Crippen LogP contribution in [0.4, 0.5) is 13.2 Å². The maximum Gasteiger partial charge on any atom is 0.573 e. The third kappa shape index (κ3) is 3.16. The molecule has 0 saturated carbocycles. The van der Waals surface area contributed by atoms with Crippen LogP contribution in [-0.4, -0.2) is 6.36 Å². The van der Waals surface area contributed by atoms with E-state index in [9.17, 15) is 13.2 Å². The second-order valence-corrected chi connectivity index (χ2v) is 3.37. The number of hydrogen-bond acceptors (Lipinski definition) is 2. The summed E-state index contributed by atoms with van der Waals surface area (Å²) >= 11 is 0. The van der Waals surface area contributed by atoms with E-state index in [-0.39, 0.29) is 5.75 Å². The molecule has 0 spiro atoms. The molecule has 2 nitrogen and oxygen atoms in total. The minimum Gasteiger partial charge on any atom is -0.406 e. The van der Waals surface area contributed by atoms with E-state index < -0.39 is 6.36 Å². The van der Waals surface area contributed by atoms with Crippen LogP contribution in [-0.2, 0) is 0 Å². The molecule has 0 aliphatic carbocycles. The molecule has 5 heteroatoms. The van der Waals surface area contributed by atoms with Crippen molar-refractivity contribution in [1.29, 1.82) is 5.26 Å². The molecule has 0 unspecified atom stereocenters. The Balaban J connectivity index is 3.09. The Morgan fingerprint density at radius 1 is 1.31 bits per heavy atom. The van der Waals surface area contributed by atoms with E-state index in [1.807, 2.05) is 6.07 Å². The predicted octanol–water partition coefficient (Wildman–Crippen LogP) is 3.42. The van der Waals surface area contributed by atoms with Crippen LogP contribution >= 0.6 is 0 Å². The van der Waals surface area contributed by atoms with Gasteiger partial charge in [0.25, 0.3) is 0 Å². The molecule has 0 bridgehead atoms. The first-order valence-electron chi connectivity index (χ1n) is 4.44. The van der Waals surface area contributed by atoms with Gasteiger partial charge in [0, 0.05) is 5.92 Å². The van der Waals surface area contributed by atoms with Gasteiger partial charge in [-0.2, -0.15) is 5.26 Å². The second kappa shape index (κ2) is 4.44. The zero-order valence-electron chi connectivity index (χ0n) is 8.72. The van der Waals surface area contributed by atoms with Crippen LogP contribution in [0.1, 0.15) is 25.0 Å². The van der Waals surface area contributed by atoms with Crippen LogP contribution in [0.3, 0.4) is 0 Å². The quantitative estimate of drug-likeness (QED) is 0.776. The average Bonchev–Trinajstić information content (AvgIpc) is 2.15. The summed E-state index contributed by atoms with van der Waals surface area (Å²) in [5.74, 6) is 0.437. The fourth-order valence-corrected chi connectivity index (χ4v) is 1.23. The monoisotopic (exact) mass is 228 g/mol. The number of benzene rings is 1. The van der Waals surface area contributed by atoms with E-state index in [0.717, 1.165) is 12.0 Å². The van der Waals surface area contributed by atoms with Gasteiger partial charge in [-0.3, -0.25) is 0 Å². The van der Waals surface area contributed by atoms with Crippen LogP contribution in [0.25, 0.3) is 0 Å². The standard InChI is InChI=1S/C11H9F3NO/c1-7(2)10-5-9(16-11(12,13)14)4-3-8(10)6-15/h3-5H,1-2H3. The zero-order valence-corrected chi connectivity index (χ0v) is 8.72. The first kappa shape index (κ1) is 12.4. The summed E-state index contributed by atoms with van der Waals surface area (Å²) in [6, 6.07) is 5.55. The Kier molecular flexibility index (Phi) is 3.43. The molecule has 1 rings (SSSR count). The number of alkyl halides is 3. The van der Waals surface area contributed by atoms with Gasteiger partial charge >= 0.3 is 6.36 Å². The van der Waals surface area contributed by atoms with Crippen molar-refractivity contribution in [3.8, 4) is 11.8 Å². The summed E-state index contributed by atoms with van der Waals surface area (Å²) in [5, 5.41) is 8.76. The number of nitrogens with zero attached hydrogens (tertiary/aromatic N) is 1. The summed E-state index contributed by atoms with van der Waals surface area (Å²) in [6.45, 7) is 3.43. The van der Waals surface area contributed by atoms with Gasteiger partial charge in [0.15, 0.2) is 0 Å². The Hall–Kier alpha value is -1.70. The van der Waals surface area contributed by atoms with Crippen molar-refractivity contribution >= 4 is 0 Å². The maximum absolute atomic E-state index is 12.0. The van der Waals surface area contributed by atoms with Crippen molar-refractivity contribution in [3.63, 3.8) is 0 Å². The Morgan fingerprint density at radius 2 is 1.94 bits per heavy atom. The lowest BCUT2D eigenvalue weighted by molar-refractivity contribution is -0.274. The van der Waals surface area contributed by atoms with Crippen LogP contribution in [0, 0.1) is 17.2 Å². The number of ether oxygens (including phenoxy) is 1. The van der Waals surface area contributed by atoms with E-state index in [4.69, 9.17) is 5.26 Å². The first-order chi connectivity index (χ1) is 7.33. The molecule has 1 radical (unpaired) electrons. The molecule has 1 aromatic carbocycles. The summed E-state index contributed by atoms with van der Waals surface area (Å²) in [6.07, 6.45) is -4.72. The third-order valence-electron chi connectivity index (χ3n) is 1.88. The molecular weight excluding hydrogens is 219 g/mol. The van der Waals surface area contributed by atoms with Gasteiger partial charge < -0.3 is 4.74 Å². The van der Waals surface area contributed by atoms with Crippen molar-refractivity contribution in [1.82, 2.24) is 0 Å². The third-order valence-corrected chi connectivity index (χ3v) is 1.88. The van der Waals surface area contributed by atoms with Gasteiger partial charge in [-0.1, -0.05) is 13.8 Å². The number of rotatable bonds is 2. The van der Waals surface area contributed by atoms with E-state index in [2.05, 4.69) is 4.74 Å². The molecule has 0 heterocycles. The molecule has 0 aliphatic heterocycles. The smallest absolute Gasteiger partial charge is 0.406 e. The number of nitriles is 1. The Bertz CT molecular complexity index is 418. The predicted molar refractivity (Wildman–Crippen MR) is 51.5 cm³/mol. The summed E-state index contributed by atoms with van der Waals surface area (Å²) < 4.78 is 39.7. The molecule has 0 fully saturated rings. The molecule has 0 atom stereocenters. The van der Waals surface area contributed by atoms with Crippen molar-refractivity contribution in [2.45, 2.75) is 20.2 Å². The molecule has 0 aliphatic rings. The average molecular weight is 228 g/mol. The highest BCUT2D eigenvalue weighted by Gasteiger charge is 2.31. The number of halogens is 3. The van der Waals surface area contributed by atoms with Gasteiger partial charge in [-0.05, 0) is 23.8 Å². The fraction of sp³-hybridized carbons (Fsp3) is 0.273. The molecule has 1 aromatic rings. The van der Waals surface area contributed by atoms with E-state index in [1.165, 1.54) is 12.1 Å². The minimum atomic E-state index is -4.72. The van der Waals surface area contributed by atoms with Gasteiger partial charge in [0.1, 0.15) is 5.75 Å². The van der Waals surface area contributed by atoms with Gasteiger partial charge in [-0.25, -0.2) is 0 Å². The molecule has 16 heavy (non-hydrogen) atoms. The SMILES string of the molecule is C[C](C)c1cc(OC(F)(F)F)ccc1C#N. The minimum absolute atomic E-state index is 0.317. The van der Waals surface area contributed by atoms with Crippen molar-refractivity contribution in [2.75, 3.05) is 0 Å². The normalized spacial score (nSPS) is 11.3. The molecule has 0 N–H and O–H groups in total. The van der Waals surface area contributed by atoms with E-state index in [1.54, 1.807) is 13.8 Å². The Morgan fingerprint density at radius 3 is 2.38 bits per heavy atom. The second-order valence-electron chi connectivity index (χ2n) is 3.37. The van der Waals surface area contributed by atoms with Crippen LogP contribution in [0.5, 0.6) is 5.75 Å². The van der Waals surface area contributed by atoms with E-state index in [0.29, 0.717) is 11.1 Å². The molecule has 0 saturated heterocycles. The first-order valence-corrected chi connectivity index (χ1v) is 4.44. The highest BCUT2D eigenvalue weighted by atomic mass is 19.4. The fourth-order valence-electron chi connectivity index (χ4n) is 1.23. The van der Waals surface area contributed by atoms with Crippen LogP contribution in [0.15, 0.2) is 18.2 Å². The lowest BCUT2D eigenvalue weighted by Gasteiger charge is -2.12. The molecule has 85 valence electrons. The zero-order chi connectivity index (χ0) is 12.3. The lowest BCUT2D eigenvalue weighted by atomic mass is 9.98. The maximum atomic E-state index is 12.0. The van der Waals surface area contributed by atoms with Crippen molar-refractivity contribution in [3.05, 3.63) is 35.2 Å². The van der Waals surface area contributed by atoms with Crippen molar-refractivity contribution < 1.29 is 17.9 Å². The molecule has 0 aromatic heterocycles. The summed E-state index contributed by atoms with van der Waals surface area (Å²) in [4.78, 5) is 0. The van der Waals surface area contributed by atoms with Crippen LogP contribution < -0.4 is 4.74 Å². The van der Waals surface area contributed by atoms with Gasteiger partial charge in [-0.15, -0.1) is 13.2 Å². The van der Waals surface area contributed by atoms with E-state index >= 15 is 0 Å². The van der Waals surface area contributed by atoms with Crippen molar-refractivity contribution in [2.24, 2.45) is 0 Å². The summed E-state index contributed by atoms with van der Waals surface area (Å²) in [5.41, 5.74) is 0.791. The Labute approximate surface area is 91.3 Å². The topological polar surface area (TPSA) is 33.0 Å². The van der Waals surface area contributed by atoms with Gasteiger partial charge in [0.05, 0.1) is 11.6 Å². The lowest BCUT2D eigenvalue weighted by Crippen LogP contribution is -2.17. The molecular formula is C11H9F3NO. The highest BCUT2D eigenvalue weighted by molar-refractivity contribution is 5.48. The number of hydrogen-bond donors (Lipinski definition) is 0. The highest BCUT2D eigenvalue weighted by Crippen LogP contribution is 2.27.